The second-order valence-corrected chi connectivity index (χ2v) is 6.15. The summed E-state index contributed by atoms with van der Waals surface area (Å²) in [7, 11) is 0. The Morgan fingerprint density at radius 2 is 2.05 bits per heavy atom. The van der Waals surface area contributed by atoms with E-state index in [9.17, 15) is 9.90 Å². The Kier molecular flexibility index (Phi) is 7.91. The molecule has 0 aliphatic carbocycles. The molecule has 1 heterocycles. The average Bonchev–Trinajstić information content (AvgIpc) is 2.52. The van der Waals surface area contributed by atoms with Crippen molar-refractivity contribution in [2.45, 2.75) is 57.8 Å². The van der Waals surface area contributed by atoms with Crippen LogP contribution in [0.5, 0.6) is 0 Å². The van der Waals surface area contributed by atoms with Crippen molar-refractivity contribution >= 4 is 18.4 Å². The third kappa shape index (κ3) is 4.72. The van der Waals surface area contributed by atoms with Crippen LogP contribution >= 0.6 is 12.4 Å². The van der Waals surface area contributed by atoms with Gasteiger partial charge in [0.15, 0.2) is 0 Å². The van der Waals surface area contributed by atoms with Crippen LogP contribution in [-0.4, -0.2) is 24.2 Å². The van der Waals surface area contributed by atoms with Gasteiger partial charge >= 0.3 is 5.97 Å². The Balaban J connectivity index is 0.00000242. The predicted octanol–water partition coefficient (Wildman–Crippen LogP) is 4.11. The molecule has 1 fully saturated rings. The Hall–Kier alpha value is -1.06. The molecule has 1 aromatic carbocycles. The molecular weight excluding hydrogens is 298 g/mol. The summed E-state index contributed by atoms with van der Waals surface area (Å²) >= 11 is 0. The molecule has 0 amide bonds. The number of benzene rings is 1. The first-order valence-electron chi connectivity index (χ1n) is 8.19. The van der Waals surface area contributed by atoms with Crippen LogP contribution in [0.1, 0.15) is 68.1 Å². The van der Waals surface area contributed by atoms with Gasteiger partial charge in [0.1, 0.15) is 0 Å². The molecule has 1 atom stereocenters. The van der Waals surface area contributed by atoms with Crippen molar-refractivity contribution in [3.63, 3.8) is 0 Å². The fourth-order valence-corrected chi connectivity index (χ4v) is 3.17. The van der Waals surface area contributed by atoms with Crippen molar-refractivity contribution in [3.8, 4) is 0 Å². The van der Waals surface area contributed by atoms with Gasteiger partial charge in [-0.15, -0.1) is 12.4 Å². The van der Waals surface area contributed by atoms with Crippen LogP contribution in [0.4, 0.5) is 0 Å². The number of piperidine rings is 1. The fraction of sp³-hybridized carbons (Fsp3) is 0.611. The molecule has 1 aromatic rings. The second kappa shape index (κ2) is 9.16. The lowest BCUT2D eigenvalue weighted by atomic mass is 9.85. The first kappa shape index (κ1) is 19.0. The van der Waals surface area contributed by atoms with Crippen molar-refractivity contribution in [1.29, 1.82) is 0 Å². The maximum atomic E-state index is 11.3. The van der Waals surface area contributed by atoms with Gasteiger partial charge in [-0.3, -0.25) is 4.79 Å². The van der Waals surface area contributed by atoms with E-state index in [1.165, 1.54) is 24.0 Å². The van der Waals surface area contributed by atoms with Gasteiger partial charge < -0.3 is 10.4 Å². The lowest BCUT2D eigenvalue weighted by Crippen LogP contribution is -2.26. The molecule has 0 spiro atoms. The van der Waals surface area contributed by atoms with Crippen molar-refractivity contribution in [1.82, 2.24) is 5.32 Å². The van der Waals surface area contributed by atoms with E-state index in [-0.39, 0.29) is 12.4 Å². The van der Waals surface area contributed by atoms with Gasteiger partial charge in [-0.05, 0) is 68.3 Å². The second-order valence-electron chi connectivity index (χ2n) is 6.15. The van der Waals surface area contributed by atoms with E-state index in [1.54, 1.807) is 6.92 Å². The molecule has 2 N–H and O–H groups in total. The predicted molar refractivity (Wildman–Crippen MR) is 93.2 cm³/mol. The van der Waals surface area contributed by atoms with Crippen molar-refractivity contribution in [3.05, 3.63) is 34.9 Å². The Morgan fingerprint density at radius 1 is 1.36 bits per heavy atom. The maximum absolute atomic E-state index is 11.3. The third-order valence-electron chi connectivity index (χ3n) is 4.61. The number of carboxylic acids is 1. The van der Waals surface area contributed by atoms with E-state index >= 15 is 0 Å². The van der Waals surface area contributed by atoms with E-state index in [0.717, 1.165) is 37.9 Å². The average molecular weight is 326 g/mol. The zero-order valence-electron chi connectivity index (χ0n) is 13.6. The molecular formula is C18H28ClNO2. The van der Waals surface area contributed by atoms with E-state index < -0.39 is 11.9 Å². The molecule has 0 saturated carbocycles. The lowest BCUT2D eigenvalue weighted by molar-refractivity contribution is -0.138. The number of nitrogens with one attached hydrogen (secondary N) is 1. The van der Waals surface area contributed by atoms with Crippen LogP contribution in [0.3, 0.4) is 0 Å². The van der Waals surface area contributed by atoms with Gasteiger partial charge in [0.05, 0.1) is 5.92 Å². The number of carbonyl (C=O) groups is 1. The molecule has 4 heteroatoms. The molecule has 3 nitrogen and oxygen atoms in total. The monoisotopic (exact) mass is 325 g/mol. The highest BCUT2D eigenvalue weighted by Crippen LogP contribution is 2.30. The SMILES string of the molecule is CCCCc1cc(C2CCNCC2)ccc1C(C)C(=O)O.Cl. The molecule has 1 aliphatic rings. The zero-order valence-corrected chi connectivity index (χ0v) is 14.4. The maximum Gasteiger partial charge on any atom is 0.310 e. The van der Waals surface area contributed by atoms with Gasteiger partial charge in [-0.1, -0.05) is 31.5 Å². The molecule has 22 heavy (non-hydrogen) atoms. The summed E-state index contributed by atoms with van der Waals surface area (Å²) in [5.41, 5.74) is 3.63. The van der Waals surface area contributed by atoms with E-state index in [2.05, 4.69) is 30.4 Å². The largest absolute Gasteiger partial charge is 0.481 e. The Labute approximate surface area is 139 Å². The summed E-state index contributed by atoms with van der Waals surface area (Å²) in [6.07, 6.45) is 5.61. The van der Waals surface area contributed by atoms with Crippen LogP contribution in [0.25, 0.3) is 0 Å². The summed E-state index contributed by atoms with van der Waals surface area (Å²) in [6, 6.07) is 6.49. The van der Waals surface area contributed by atoms with Gasteiger partial charge in [-0.25, -0.2) is 0 Å². The van der Waals surface area contributed by atoms with Crippen LogP contribution in [0.2, 0.25) is 0 Å². The molecule has 1 aliphatic heterocycles. The van der Waals surface area contributed by atoms with E-state index in [0.29, 0.717) is 5.92 Å². The van der Waals surface area contributed by atoms with E-state index in [4.69, 9.17) is 0 Å². The number of carboxylic acid groups (broad SMARTS) is 1. The molecule has 124 valence electrons. The van der Waals surface area contributed by atoms with Crippen molar-refractivity contribution in [2.24, 2.45) is 0 Å². The number of aliphatic carboxylic acids is 1. The van der Waals surface area contributed by atoms with Crippen molar-refractivity contribution in [2.75, 3.05) is 13.1 Å². The summed E-state index contributed by atoms with van der Waals surface area (Å²) < 4.78 is 0. The topological polar surface area (TPSA) is 49.3 Å². The van der Waals surface area contributed by atoms with Crippen LogP contribution in [0.15, 0.2) is 18.2 Å². The highest BCUT2D eigenvalue weighted by Gasteiger charge is 2.20. The minimum atomic E-state index is -0.734. The summed E-state index contributed by atoms with van der Waals surface area (Å²) in [6.45, 7) is 6.14. The number of halogens is 1. The summed E-state index contributed by atoms with van der Waals surface area (Å²) in [4.78, 5) is 11.3. The number of hydrogen-bond donors (Lipinski definition) is 2. The van der Waals surface area contributed by atoms with E-state index in [1.807, 2.05) is 0 Å². The minimum Gasteiger partial charge on any atom is -0.481 e. The van der Waals surface area contributed by atoms with Gasteiger partial charge in [0.2, 0.25) is 0 Å². The molecule has 0 radical (unpaired) electrons. The highest BCUT2D eigenvalue weighted by molar-refractivity contribution is 5.85. The van der Waals surface area contributed by atoms with Crippen LogP contribution in [-0.2, 0) is 11.2 Å². The highest BCUT2D eigenvalue weighted by atomic mass is 35.5. The van der Waals surface area contributed by atoms with Crippen molar-refractivity contribution < 1.29 is 9.90 Å². The molecule has 2 rings (SSSR count). The van der Waals surface area contributed by atoms with Gasteiger partial charge in [-0.2, -0.15) is 0 Å². The summed E-state index contributed by atoms with van der Waals surface area (Å²) in [5.74, 6) is -0.526. The third-order valence-corrected chi connectivity index (χ3v) is 4.61. The normalized spacial score (nSPS) is 16.8. The molecule has 0 aromatic heterocycles. The number of unbranched alkanes of at least 4 members (excludes halogenated alkanes) is 1. The molecule has 1 unspecified atom stereocenters. The van der Waals surface area contributed by atoms with Gasteiger partial charge in [0.25, 0.3) is 0 Å². The fourth-order valence-electron chi connectivity index (χ4n) is 3.17. The Bertz CT molecular complexity index is 484. The van der Waals surface area contributed by atoms with Crippen LogP contribution < -0.4 is 5.32 Å². The van der Waals surface area contributed by atoms with Gasteiger partial charge in [0, 0.05) is 0 Å². The quantitative estimate of drug-likeness (QED) is 0.827. The minimum absolute atomic E-state index is 0. The van der Waals surface area contributed by atoms with Crippen LogP contribution in [0, 0.1) is 0 Å². The first-order valence-corrected chi connectivity index (χ1v) is 8.19. The molecule has 0 bridgehead atoms. The summed E-state index contributed by atoms with van der Waals surface area (Å²) in [5, 5.41) is 12.7. The lowest BCUT2D eigenvalue weighted by Gasteiger charge is -2.24. The number of rotatable bonds is 6. The zero-order chi connectivity index (χ0) is 15.2. The number of aryl methyl sites for hydroxylation is 1. The molecule has 1 saturated heterocycles. The smallest absolute Gasteiger partial charge is 0.310 e. The standard InChI is InChI=1S/C18H27NO2.ClH/c1-3-4-5-16-12-15(14-8-10-19-11-9-14)6-7-17(16)13(2)18(20)21;/h6-7,12-14,19H,3-5,8-11H2,1-2H3,(H,20,21);1H. The Morgan fingerprint density at radius 3 is 2.64 bits per heavy atom. The number of hydrogen-bond acceptors (Lipinski definition) is 2. The first-order chi connectivity index (χ1) is 10.1.